The van der Waals surface area contributed by atoms with Gasteiger partial charge in [-0.25, -0.2) is 4.98 Å². The summed E-state index contributed by atoms with van der Waals surface area (Å²) in [6.07, 6.45) is 20.5. The zero-order chi connectivity index (χ0) is 26.9. The topological polar surface area (TPSA) is 144 Å². The molecule has 208 valence electrons. The molecule has 2 aromatic heterocycles. The number of aliphatic hydroxyl groups excluding tert-OH is 1. The number of nitrogen functional groups attached to an aromatic ring is 1. The minimum atomic E-state index is -0.700. The van der Waals surface area contributed by atoms with Crippen molar-refractivity contribution in [2.24, 2.45) is 5.92 Å². The molecule has 0 amide bonds. The number of carbonyl (C=O) groups is 2. The molecule has 2 heterocycles. The standard InChI is InChI=1S/C28H47N5O4/c1-2-3-4-5-6-7-8-9-10-11-12-13-14-15-16-17-23(35)25(36)22(18-19-34)20-33-21-30-24-26(33)31-28(29)32-27(24)37/h21-22,34H,2-20H2,1H3,(H3,29,31,32,37)/t22-/m1/s1. The molecule has 9 heteroatoms. The predicted octanol–water partition coefficient (Wildman–Crippen LogP) is 5.10. The lowest BCUT2D eigenvalue weighted by molar-refractivity contribution is -0.139. The Labute approximate surface area is 220 Å². The number of H-pyrrole nitrogens is 1. The number of nitrogens with two attached hydrogens (primary N) is 1. The van der Waals surface area contributed by atoms with E-state index in [1.165, 1.54) is 83.4 Å². The van der Waals surface area contributed by atoms with Gasteiger partial charge in [-0.3, -0.25) is 19.4 Å². The highest BCUT2D eigenvalue weighted by atomic mass is 16.3. The van der Waals surface area contributed by atoms with Gasteiger partial charge in [-0.2, -0.15) is 4.98 Å². The number of fused-ring (bicyclic) bond motifs is 1. The summed E-state index contributed by atoms with van der Waals surface area (Å²) in [6.45, 7) is 2.15. The quantitative estimate of drug-likeness (QED) is 0.146. The highest BCUT2D eigenvalue weighted by Crippen LogP contribution is 2.17. The van der Waals surface area contributed by atoms with Gasteiger partial charge in [-0.1, -0.05) is 96.8 Å². The van der Waals surface area contributed by atoms with E-state index in [0.29, 0.717) is 6.42 Å². The molecule has 0 aliphatic heterocycles. The van der Waals surface area contributed by atoms with E-state index in [1.807, 2.05) is 0 Å². The van der Waals surface area contributed by atoms with E-state index in [4.69, 9.17) is 5.73 Å². The molecule has 0 aliphatic carbocycles. The van der Waals surface area contributed by atoms with Gasteiger partial charge >= 0.3 is 0 Å². The summed E-state index contributed by atoms with van der Waals surface area (Å²) in [5.74, 6) is -1.64. The molecule has 37 heavy (non-hydrogen) atoms. The lowest BCUT2D eigenvalue weighted by Gasteiger charge is -2.15. The van der Waals surface area contributed by atoms with Crippen LogP contribution in [-0.4, -0.2) is 42.8 Å². The summed E-state index contributed by atoms with van der Waals surface area (Å²) in [5.41, 5.74) is 5.54. The normalized spacial score (nSPS) is 12.3. The van der Waals surface area contributed by atoms with Crippen molar-refractivity contribution in [1.29, 1.82) is 0 Å². The smallest absolute Gasteiger partial charge is 0.280 e. The van der Waals surface area contributed by atoms with Crippen LogP contribution in [-0.2, 0) is 16.1 Å². The van der Waals surface area contributed by atoms with Crippen LogP contribution < -0.4 is 11.3 Å². The summed E-state index contributed by atoms with van der Waals surface area (Å²) >= 11 is 0. The Morgan fingerprint density at radius 2 is 1.49 bits per heavy atom. The largest absolute Gasteiger partial charge is 0.396 e. The highest BCUT2D eigenvalue weighted by molar-refractivity contribution is 6.37. The first-order chi connectivity index (χ1) is 18.0. The fraction of sp³-hybridized carbons (Fsp3) is 0.750. The summed E-state index contributed by atoms with van der Waals surface area (Å²) in [7, 11) is 0. The molecule has 0 saturated carbocycles. The van der Waals surface area contributed by atoms with Crippen molar-refractivity contribution < 1.29 is 14.7 Å². The Balaban J connectivity index is 1.61. The number of aliphatic hydroxyl groups is 1. The van der Waals surface area contributed by atoms with E-state index in [1.54, 1.807) is 4.57 Å². The third-order valence-electron chi connectivity index (χ3n) is 7.04. The van der Waals surface area contributed by atoms with Crippen molar-refractivity contribution in [2.45, 2.75) is 123 Å². The molecule has 0 aliphatic rings. The van der Waals surface area contributed by atoms with Gasteiger partial charge in [0.1, 0.15) is 0 Å². The fourth-order valence-corrected chi connectivity index (χ4v) is 4.81. The minimum absolute atomic E-state index is 0.0477. The Morgan fingerprint density at radius 3 is 2.03 bits per heavy atom. The van der Waals surface area contributed by atoms with Crippen LogP contribution in [0.3, 0.4) is 0 Å². The van der Waals surface area contributed by atoms with Crippen LogP contribution in [0, 0.1) is 5.92 Å². The fourth-order valence-electron chi connectivity index (χ4n) is 4.81. The number of unbranched alkanes of at least 4 members (excludes halogenated alkanes) is 14. The number of anilines is 1. The number of hydrogen-bond donors (Lipinski definition) is 3. The van der Waals surface area contributed by atoms with Crippen molar-refractivity contribution in [3.05, 3.63) is 16.7 Å². The van der Waals surface area contributed by atoms with E-state index in [0.717, 1.165) is 12.8 Å². The number of hydrogen-bond acceptors (Lipinski definition) is 7. The Kier molecular flexibility index (Phi) is 14.8. The lowest BCUT2D eigenvalue weighted by atomic mass is 9.94. The Bertz CT molecular complexity index is 1000. The molecule has 0 unspecified atom stereocenters. The second-order valence-electron chi connectivity index (χ2n) is 10.2. The van der Waals surface area contributed by atoms with Crippen LogP contribution in [0.1, 0.15) is 116 Å². The average Bonchev–Trinajstić information content (AvgIpc) is 3.28. The summed E-state index contributed by atoms with van der Waals surface area (Å²) in [6, 6.07) is 0. The number of Topliss-reactive ketones (excluding diaryl/α,β-unsaturated/α-hetero) is 2. The van der Waals surface area contributed by atoms with Gasteiger partial charge < -0.3 is 15.4 Å². The van der Waals surface area contributed by atoms with Crippen molar-refractivity contribution in [1.82, 2.24) is 19.5 Å². The molecule has 2 aromatic rings. The first-order valence-electron chi connectivity index (χ1n) is 14.4. The van der Waals surface area contributed by atoms with Crippen molar-refractivity contribution in [3.63, 3.8) is 0 Å². The van der Waals surface area contributed by atoms with Crippen LogP contribution in [0.5, 0.6) is 0 Å². The van der Waals surface area contributed by atoms with Gasteiger partial charge in [0, 0.05) is 25.5 Å². The van der Waals surface area contributed by atoms with Crippen molar-refractivity contribution in [2.75, 3.05) is 12.3 Å². The van der Waals surface area contributed by atoms with Crippen LogP contribution in [0.25, 0.3) is 11.2 Å². The summed E-state index contributed by atoms with van der Waals surface area (Å²) in [5, 5.41) is 9.44. The molecule has 4 N–H and O–H groups in total. The second-order valence-corrected chi connectivity index (χ2v) is 10.2. The average molecular weight is 518 g/mol. The zero-order valence-corrected chi connectivity index (χ0v) is 22.7. The third-order valence-corrected chi connectivity index (χ3v) is 7.04. The molecule has 0 aromatic carbocycles. The maximum atomic E-state index is 12.8. The SMILES string of the molecule is CCCCCCCCCCCCCCCCCC(=O)C(=O)[C@H](CCO)Cn1cnc2c(=O)[nH]c(N)nc21. The van der Waals surface area contributed by atoms with Gasteiger partial charge in [0.25, 0.3) is 5.56 Å². The number of carbonyl (C=O) groups excluding carboxylic acids is 2. The van der Waals surface area contributed by atoms with Gasteiger partial charge in [0.2, 0.25) is 11.7 Å². The van der Waals surface area contributed by atoms with Crippen LogP contribution in [0.15, 0.2) is 11.1 Å². The maximum Gasteiger partial charge on any atom is 0.280 e. The molecular weight excluding hydrogens is 470 g/mol. The maximum absolute atomic E-state index is 12.8. The predicted molar refractivity (Wildman–Crippen MR) is 147 cm³/mol. The number of rotatable bonds is 22. The number of aromatic amines is 1. The molecule has 2 rings (SSSR count). The van der Waals surface area contributed by atoms with Crippen LogP contribution >= 0.6 is 0 Å². The summed E-state index contributed by atoms with van der Waals surface area (Å²) in [4.78, 5) is 47.8. The van der Waals surface area contributed by atoms with Crippen molar-refractivity contribution in [3.8, 4) is 0 Å². The molecule has 0 fully saturated rings. The van der Waals surface area contributed by atoms with E-state index < -0.39 is 23.0 Å². The van der Waals surface area contributed by atoms with E-state index >= 15 is 0 Å². The molecule has 0 spiro atoms. The van der Waals surface area contributed by atoms with Crippen LogP contribution in [0.2, 0.25) is 0 Å². The van der Waals surface area contributed by atoms with E-state index in [9.17, 15) is 19.5 Å². The minimum Gasteiger partial charge on any atom is -0.396 e. The number of imidazole rings is 1. The van der Waals surface area contributed by atoms with Gasteiger partial charge in [0.15, 0.2) is 16.9 Å². The van der Waals surface area contributed by atoms with Crippen molar-refractivity contribution >= 4 is 28.7 Å². The van der Waals surface area contributed by atoms with E-state index in [2.05, 4.69) is 21.9 Å². The highest BCUT2D eigenvalue weighted by Gasteiger charge is 2.26. The van der Waals surface area contributed by atoms with Crippen LogP contribution in [0.4, 0.5) is 5.95 Å². The number of nitrogens with one attached hydrogen (secondary N) is 1. The van der Waals surface area contributed by atoms with Gasteiger partial charge in [-0.05, 0) is 12.8 Å². The first kappa shape index (κ1) is 30.7. The molecule has 9 nitrogen and oxygen atoms in total. The first-order valence-corrected chi connectivity index (χ1v) is 14.4. The Morgan fingerprint density at radius 1 is 0.946 bits per heavy atom. The molecule has 1 atom stereocenters. The number of aromatic nitrogens is 4. The number of nitrogens with zero attached hydrogens (tertiary/aromatic N) is 3. The molecular formula is C28H47N5O4. The van der Waals surface area contributed by atoms with Gasteiger partial charge in [-0.15, -0.1) is 0 Å². The van der Waals surface area contributed by atoms with Gasteiger partial charge in [0.05, 0.1) is 6.33 Å². The monoisotopic (exact) mass is 517 g/mol. The zero-order valence-electron chi connectivity index (χ0n) is 22.7. The Hall–Kier alpha value is -2.55. The molecule has 0 radical (unpaired) electrons. The second kappa shape index (κ2) is 17.8. The number of ketones is 2. The lowest BCUT2D eigenvalue weighted by Crippen LogP contribution is -2.28. The molecule has 0 bridgehead atoms. The van der Waals surface area contributed by atoms with E-state index in [-0.39, 0.29) is 43.1 Å². The summed E-state index contributed by atoms with van der Waals surface area (Å²) < 4.78 is 1.54. The third kappa shape index (κ3) is 11.2. The molecule has 0 saturated heterocycles.